The van der Waals surface area contributed by atoms with E-state index in [4.69, 9.17) is 11.6 Å². The molecule has 0 saturated carbocycles. The number of rotatable bonds is 3. The van der Waals surface area contributed by atoms with E-state index in [-0.39, 0.29) is 8.68 Å². The smallest absolute Gasteiger partial charge is 0.264 e. The van der Waals surface area contributed by atoms with Crippen LogP contribution >= 0.6 is 22.9 Å². The second-order valence-electron chi connectivity index (χ2n) is 4.22. The molecule has 2 heterocycles. The number of nitrogens with one attached hydrogen (secondary N) is 1. The maximum atomic E-state index is 12.2. The lowest BCUT2D eigenvalue weighted by molar-refractivity contribution is 0.135. The van der Waals surface area contributed by atoms with Crippen molar-refractivity contribution in [3.05, 3.63) is 10.2 Å². The molecule has 1 saturated heterocycles. The minimum Gasteiger partial charge on any atom is -0.304 e. The summed E-state index contributed by atoms with van der Waals surface area (Å²) in [4.78, 5) is 8.65. The summed E-state index contributed by atoms with van der Waals surface area (Å²) < 4.78 is 24.8. The maximum absolute atomic E-state index is 12.2. The van der Waals surface area contributed by atoms with Crippen LogP contribution in [0.15, 0.2) is 4.21 Å². The Labute approximate surface area is 116 Å². The number of hydrazine groups is 1. The number of hydrogen-bond donors (Lipinski definition) is 1. The fraction of sp³-hybridized carbons (Fsp3) is 0.667. The van der Waals surface area contributed by atoms with Crippen LogP contribution in [0.4, 0.5) is 0 Å². The molecule has 9 heteroatoms. The molecule has 0 bridgehead atoms. The first-order valence-corrected chi connectivity index (χ1v) is 8.15. The van der Waals surface area contributed by atoms with Crippen LogP contribution in [0.3, 0.4) is 0 Å². The van der Waals surface area contributed by atoms with E-state index in [9.17, 15) is 8.42 Å². The Bertz CT molecular complexity index is 523. The van der Waals surface area contributed by atoms with Crippen molar-refractivity contribution in [3.8, 4) is 0 Å². The van der Waals surface area contributed by atoms with Gasteiger partial charge in [-0.2, -0.15) is 0 Å². The van der Waals surface area contributed by atoms with Gasteiger partial charge in [-0.1, -0.05) is 22.9 Å². The van der Waals surface area contributed by atoms with Gasteiger partial charge >= 0.3 is 0 Å². The molecule has 1 aliphatic heterocycles. The third-order valence-electron chi connectivity index (χ3n) is 2.72. The first kappa shape index (κ1) is 14.2. The summed E-state index contributed by atoms with van der Waals surface area (Å²) in [6.07, 6.45) is 0. The SMILES string of the molecule is Cc1nc(Cl)sc1S(=O)(=O)NN1CCN(C)CC1. The number of thiazole rings is 1. The van der Waals surface area contributed by atoms with Gasteiger partial charge in [0.25, 0.3) is 10.0 Å². The third-order valence-corrected chi connectivity index (χ3v) is 5.97. The molecule has 1 aromatic rings. The standard InChI is InChI=1S/C9H15ClN4O2S2/c1-7-8(17-9(10)11-7)18(15,16)12-14-5-3-13(2)4-6-14/h12H,3-6H2,1-2H3. The predicted octanol–water partition coefficient (Wildman–Crippen LogP) is 0.546. The van der Waals surface area contributed by atoms with Crippen LogP contribution < -0.4 is 4.83 Å². The van der Waals surface area contributed by atoms with Crippen LogP contribution in [0, 0.1) is 6.92 Å². The van der Waals surface area contributed by atoms with Crippen molar-refractivity contribution in [1.29, 1.82) is 0 Å². The molecule has 102 valence electrons. The molecule has 0 aliphatic carbocycles. The van der Waals surface area contributed by atoms with Crippen molar-refractivity contribution in [2.24, 2.45) is 0 Å². The van der Waals surface area contributed by atoms with Gasteiger partial charge in [0.05, 0.1) is 5.69 Å². The monoisotopic (exact) mass is 310 g/mol. The highest BCUT2D eigenvalue weighted by Crippen LogP contribution is 2.26. The first-order chi connectivity index (χ1) is 8.38. The predicted molar refractivity (Wildman–Crippen MR) is 71.3 cm³/mol. The van der Waals surface area contributed by atoms with Gasteiger partial charge in [-0.3, -0.25) is 0 Å². The molecule has 6 nitrogen and oxygen atoms in total. The molecule has 0 amide bonds. The topological polar surface area (TPSA) is 65.5 Å². The molecule has 1 aliphatic rings. The minimum absolute atomic E-state index is 0.187. The molecule has 18 heavy (non-hydrogen) atoms. The van der Waals surface area contributed by atoms with Crippen LogP contribution in [-0.2, 0) is 10.0 Å². The summed E-state index contributed by atoms with van der Waals surface area (Å²) in [5.41, 5.74) is 0.437. The van der Waals surface area contributed by atoms with E-state index in [0.29, 0.717) is 18.8 Å². The van der Waals surface area contributed by atoms with Gasteiger partial charge in [-0.15, -0.1) is 4.83 Å². The summed E-state index contributed by atoms with van der Waals surface area (Å²) in [7, 11) is -1.55. The van der Waals surface area contributed by atoms with Crippen molar-refractivity contribution < 1.29 is 8.42 Å². The average molecular weight is 311 g/mol. The van der Waals surface area contributed by atoms with Crippen LogP contribution in [0.25, 0.3) is 0 Å². The molecule has 0 unspecified atom stereocenters. The quantitative estimate of drug-likeness (QED) is 0.883. The molecule has 0 aromatic carbocycles. The molecule has 1 aromatic heterocycles. The van der Waals surface area contributed by atoms with Crippen molar-refractivity contribution in [2.75, 3.05) is 33.2 Å². The van der Waals surface area contributed by atoms with Crippen molar-refractivity contribution in [3.63, 3.8) is 0 Å². The van der Waals surface area contributed by atoms with Gasteiger partial charge < -0.3 is 4.90 Å². The number of hydrogen-bond acceptors (Lipinski definition) is 6. The van der Waals surface area contributed by atoms with E-state index in [1.54, 1.807) is 11.9 Å². The van der Waals surface area contributed by atoms with E-state index >= 15 is 0 Å². The molecular formula is C9H15ClN4O2S2. The van der Waals surface area contributed by atoms with Gasteiger partial charge in [-0.25, -0.2) is 18.4 Å². The zero-order valence-electron chi connectivity index (χ0n) is 10.2. The van der Waals surface area contributed by atoms with E-state index < -0.39 is 10.0 Å². The van der Waals surface area contributed by atoms with Crippen LogP contribution in [0.1, 0.15) is 5.69 Å². The lowest BCUT2D eigenvalue weighted by atomic mass is 10.4. The minimum atomic E-state index is -3.56. The summed E-state index contributed by atoms with van der Waals surface area (Å²) in [6, 6.07) is 0. The number of nitrogens with zero attached hydrogens (tertiary/aromatic N) is 3. The maximum Gasteiger partial charge on any atom is 0.264 e. The highest BCUT2D eigenvalue weighted by molar-refractivity contribution is 7.91. The molecule has 2 rings (SSSR count). The molecule has 0 spiro atoms. The Morgan fingerprint density at radius 1 is 1.33 bits per heavy atom. The number of halogens is 1. The highest BCUT2D eigenvalue weighted by Gasteiger charge is 2.25. The van der Waals surface area contributed by atoms with Gasteiger partial charge in [0.2, 0.25) is 0 Å². The lowest BCUT2D eigenvalue weighted by Gasteiger charge is -2.31. The Hall–Kier alpha value is -0.250. The van der Waals surface area contributed by atoms with E-state index in [0.717, 1.165) is 24.4 Å². The molecular weight excluding hydrogens is 296 g/mol. The van der Waals surface area contributed by atoms with Crippen molar-refractivity contribution >= 4 is 33.0 Å². The Morgan fingerprint density at radius 3 is 2.44 bits per heavy atom. The highest BCUT2D eigenvalue weighted by atomic mass is 35.5. The molecule has 1 N–H and O–H groups in total. The Kier molecular flexibility index (Phi) is 4.25. The number of sulfonamides is 1. The first-order valence-electron chi connectivity index (χ1n) is 5.47. The van der Waals surface area contributed by atoms with Crippen molar-refractivity contribution in [2.45, 2.75) is 11.1 Å². The fourth-order valence-corrected chi connectivity index (χ4v) is 4.56. The van der Waals surface area contributed by atoms with Crippen LogP contribution in [0.2, 0.25) is 4.47 Å². The number of piperazine rings is 1. The second kappa shape index (κ2) is 5.40. The van der Waals surface area contributed by atoms with Gasteiger partial charge in [0.15, 0.2) is 8.68 Å². The van der Waals surface area contributed by atoms with Gasteiger partial charge in [-0.05, 0) is 14.0 Å². The summed E-state index contributed by atoms with van der Waals surface area (Å²) in [5, 5.41) is 1.71. The fourth-order valence-electron chi connectivity index (χ4n) is 1.71. The third kappa shape index (κ3) is 3.19. The number of likely N-dealkylation sites (N-methyl/N-ethyl adjacent to an activating group) is 1. The van der Waals surface area contributed by atoms with Crippen LogP contribution in [0.5, 0.6) is 0 Å². The number of aryl methyl sites for hydroxylation is 1. The van der Waals surface area contributed by atoms with Gasteiger partial charge in [0, 0.05) is 26.2 Å². The Morgan fingerprint density at radius 2 is 1.94 bits per heavy atom. The summed E-state index contributed by atoms with van der Waals surface area (Å²) in [5.74, 6) is 0. The molecule has 0 atom stereocenters. The summed E-state index contributed by atoms with van der Waals surface area (Å²) >= 11 is 6.71. The normalized spacial score (nSPS) is 19.3. The Balaban J connectivity index is 2.10. The van der Waals surface area contributed by atoms with Gasteiger partial charge in [0.1, 0.15) is 0 Å². The number of aromatic nitrogens is 1. The van der Waals surface area contributed by atoms with Crippen LogP contribution in [-0.4, -0.2) is 56.5 Å². The van der Waals surface area contributed by atoms with E-state index in [2.05, 4.69) is 14.7 Å². The summed E-state index contributed by atoms with van der Waals surface area (Å²) in [6.45, 7) is 4.65. The van der Waals surface area contributed by atoms with E-state index in [1.807, 2.05) is 7.05 Å². The van der Waals surface area contributed by atoms with Crippen molar-refractivity contribution in [1.82, 2.24) is 19.7 Å². The lowest BCUT2D eigenvalue weighted by Crippen LogP contribution is -2.52. The molecule has 0 radical (unpaired) electrons. The molecule has 1 fully saturated rings. The average Bonchev–Trinajstić information content (AvgIpc) is 2.62. The zero-order chi connectivity index (χ0) is 13.3. The van der Waals surface area contributed by atoms with E-state index in [1.165, 1.54) is 0 Å². The largest absolute Gasteiger partial charge is 0.304 e. The zero-order valence-corrected chi connectivity index (χ0v) is 12.6. The second-order valence-corrected chi connectivity index (χ2v) is 7.66.